The van der Waals surface area contributed by atoms with Crippen molar-refractivity contribution in [3.63, 3.8) is 0 Å². The van der Waals surface area contributed by atoms with Gasteiger partial charge in [0.2, 0.25) is 0 Å². The summed E-state index contributed by atoms with van der Waals surface area (Å²) in [5, 5.41) is 3.62. The van der Waals surface area contributed by atoms with E-state index < -0.39 is 0 Å². The molecular weight excluding hydrogens is 406 g/mol. The van der Waals surface area contributed by atoms with E-state index in [1.165, 1.54) is 5.56 Å². The molecule has 0 saturated heterocycles. The van der Waals surface area contributed by atoms with Crippen LogP contribution in [-0.2, 0) is 6.54 Å². The fraction of sp³-hybridized carbons (Fsp3) is 0.115. The highest BCUT2D eigenvalue weighted by Crippen LogP contribution is 2.37. The molecule has 1 atom stereocenters. The number of hydrogen-bond acceptors (Lipinski definition) is 1. The Bertz CT molecular complexity index is 1250. The Morgan fingerprint density at radius 2 is 1.77 bits per heavy atom. The molecule has 5 heteroatoms. The fourth-order valence-corrected chi connectivity index (χ4v) is 4.39. The molecule has 1 aliphatic heterocycles. The average molecular weight is 428 g/mol. The minimum Gasteiger partial charge on any atom is -0.318 e. The molecular formula is C26H22ClN3O. The maximum atomic E-state index is 13.6. The van der Waals surface area contributed by atoms with Gasteiger partial charge in [-0.1, -0.05) is 65.7 Å². The number of carbonyl (C=O) groups excluding carboxylic acids is 1. The van der Waals surface area contributed by atoms with Gasteiger partial charge >= 0.3 is 6.03 Å². The summed E-state index contributed by atoms with van der Waals surface area (Å²) < 4.78 is 2.19. The average Bonchev–Trinajstić information content (AvgIpc) is 3.19. The second-order valence-electron chi connectivity index (χ2n) is 7.81. The van der Waals surface area contributed by atoms with Gasteiger partial charge in [0.05, 0.1) is 18.3 Å². The predicted octanol–water partition coefficient (Wildman–Crippen LogP) is 6.58. The van der Waals surface area contributed by atoms with Gasteiger partial charge in [-0.25, -0.2) is 4.79 Å². The summed E-state index contributed by atoms with van der Waals surface area (Å²) in [7, 11) is 0. The van der Waals surface area contributed by atoms with Crippen LogP contribution in [0.5, 0.6) is 0 Å². The van der Waals surface area contributed by atoms with Gasteiger partial charge in [0.1, 0.15) is 0 Å². The van der Waals surface area contributed by atoms with Gasteiger partial charge in [-0.2, -0.15) is 0 Å². The summed E-state index contributed by atoms with van der Waals surface area (Å²) in [4.78, 5) is 15.5. The van der Waals surface area contributed by atoms with Crippen LogP contribution in [0.2, 0.25) is 5.02 Å². The molecule has 5 rings (SSSR count). The first kappa shape index (κ1) is 19.5. The number of nitrogens with zero attached hydrogens (tertiary/aromatic N) is 2. The van der Waals surface area contributed by atoms with Crippen LogP contribution >= 0.6 is 11.6 Å². The summed E-state index contributed by atoms with van der Waals surface area (Å²) in [5.41, 5.74) is 6.17. The summed E-state index contributed by atoms with van der Waals surface area (Å²) in [6.07, 6.45) is 2.06. The number of carbonyl (C=O) groups is 1. The van der Waals surface area contributed by atoms with E-state index in [2.05, 4.69) is 65.5 Å². The van der Waals surface area contributed by atoms with Crippen molar-refractivity contribution >= 4 is 23.3 Å². The van der Waals surface area contributed by atoms with Crippen LogP contribution in [0.1, 0.15) is 28.4 Å². The van der Waals surface area contributed by atoms with Crippen LogP contribution in [0.25, 0.3) is 5.69 Å². The maximum absolute atomic E-state index is 13.6. The molecule has 31 heavy (non-hydrogen) atoms. The molecule has 2 amide bonds. The van der Waals surface area contributed by atoms with E-state index in [9.17, 15) is 4.79 Å². The third-order valence-electron chi connectivity index (χ3n) is 5.69. The van der Waals surface area contributed by atoms with Crippen LogP contribution in [0.15, 0.2) is 91.1 Å². The molecule has 1 N–H and O–H groups in total. The monoisotopic (exact) mass is 427 g/mol. The fourth-order valence-electron chi connectivity index (χ4n) is 4.20. The second kappa shape index (κ2) is 7.97. The molecule has 2 heterocycles. The summed E-state index contributed by atoms with van der Waals surface area (Å²) in [5.74, 6) is 0. The first-order valence-electron chi connectivity index (χ1n) is 10.3. The molecule has 3 aromatic carbocycles. The minimum absolute atomic E-state index is 0.169. The van der Waals surface area contributed by atoms with Crippen LogP contribution in [0.3, 0.4) is 0 Å². The lowest BCUT2D eigenvalue weighted by Gasteiger charge is -2.31. The highest BCUT2D eigenvalue weighted by molar-refractivity contribution is 6.30. The van der Waals surface area contributed by atoms with Gasteiger partial charge in [-0.3, -0.25) is 0 Å². The third kappa shape index (κ3) is 3.71. The van der Waals surface area contributed by atoms with Crippen LogP contribution in [0, 0.1) is 6.92 Å². The molecule has 0 saturated carbocycles. The van der Waals surface area contributed by atoms with E-state index >= 15 is 0 Å². The van der Waals surface area contributed by atoms with E-state index in [-0.39, 0.29) is 12.1 Å². The van der Waals surface area contributed by atoms with E-state index in [1.54, 1.807) is 12.1 Å². The van der Waals surface area contributed by atoms with E-state index in [0.29, 0.717) is 17.3 Å². The number of benzene rings is 3. The third-order valence-corrected chi connectivity index (χ3v) is 5.93. The summed E-state index contributed by atoms with van der Waals surface area (Å²) in [6, 6.07) is 27.6. The number of hydrogen-bond donors (Lipinski definition) is 1. The van der Waals surface area contributed by atoms with Crippen molar-refractivity contribution in [1.29, 1.82) is 0 Å². The van der Waals surface area contributed by atoms with E-state index in [4.69, 9.17) is 11.6 Å². The number of anilines is 1. The van der Waals surface area contributed by atoms with Crippen molar-refractivity contribution in [3.8, 4) is 5.69 Å². The highest BCUT2D eigenvalue weighted by Gasteiger charge is 2.32. The van der Waals surface area contributed by atoms with E-state index in [0.717, 1.165) is 22.5 Å². The predicted molar refractivity (Wildman–Crippen MR) is 125 cm³/mol. The first-order valence-corrected chi connectivity index (χ1v) is 10.6. The van der Waals surface area contributed by atoms with Crippen molar-refractivity contribution in [1.82, 2.24) is 9.47 Å². The topological polar surface area (TPSA) is 37.3 Å². The molecule has 154 valence electrons. The SMILES string of the molecule is Cc1ccc([C@H]2c3cccn3-c3ccccc3CN2C(=O)Nc2cccc(Cl)c2)cc1. The standard InChI is InChI=1S/C26H22ClN3O/c1-18-11-13-19(14-12-18)25-24-10-5-15-29(24)23-9-3-2-6-20(23)17-30(25)26(31)28-22-8-4-7-21(27)16-22/h2-16,25H,17H2,1H3,(H,28,31)/t25-/m0/s1. The Kier molecular flexibility index (Phi) is 5.00. The smallest absolute Gasteiger partial charge is 0.318 e. The number of aromatic nitrogens is 1. The van der Waals surface area contributed by atoms with Gasteiger partial charge in [0.25, 0.3) is 0 Å². The molecule has 1 aliphatic rings. The van der Waals surface area contributed by atoms with Gasteiger partial charge in [0.15, 0.2) is 0 Å². The summed E-state index contributed by atoms with van der Waals surface area (Å²) >= 11 is 6.13. The lowest BCUT2D eigenvalue weighted by Crippen LogP contribution is -2.37. The number of urea groups is 1. The van der Waals surface area contributed by atoms with E-state index in [1.807, 2.05) is 35.2 Å². The quantitative estimate of drug-likeness (QED) is 0.385. The lowest BCUT2D eigenvalue weighted by atomic mass is 10.0. The van der Waals surface area contributed by atoms with Crippen molar-refractivity contribution in [2.75, 3.05) is 5.32 Å². The lowest BCUT2D eigenvalue weighted by molar-refractivity contribution is 0.194. The number of amides is 2. The Morgan fingerprint density at radius 3 is 2.58 bits per heavy atom. The van der Waals surface area contributed by atoms with Gasteiger partial charge in [-0.15, -0.1) is 0 Å². The first-order chi connectivity index (χ1) is 15.1. The van der Waals surface area contributed by atoms with Crippen molar-refractivity contribution in [2.24, 2.45) is 0 Å². The zero-order valence-electron chi connectivity index (χ0n) is 17.1. The van der Waals surface area contributed by atoms with Gasteiger partial charge in [0, 0.05) is 22.6 Å². The van der Waals surface area contributed by atoms with Crippen LogP contribution in [0.4, 0.5) is 10.5 Å². The maximum Gasteiger partial charge on any atom is 0.322 e. The number of para-hydroxylation sites is 1. The number of fused-ring (bicyclic) bond motifs is 3. The zero-order chi connectivity index (χ0) is 21.4. The largest absolute Gasteiger partial charge is 0.322 e. The Hall–Kier alpha value is -3.50. The molecule has 0 aliphatic carbocycles. The molecule has 0 spiro atoms. The van der Waals surface area contributed by atoms with Crippen LogP contribution in [-0.4, -0.2) is 15.5 Å². The molecule has 4 aromatic rings. The number of rotatable bonds is 2. The number of nitrogens with one attached hydrogen (secondary N) is 1. The number of aryl methyl sites for hydroxylation is 1. The van der Waals surface area contributed by atoms with Crippen LogP contribution < -0.4 is 5.32 Å². The normalized spacial score (nSPS) is 15.0. The van der Waals surface area contributed by atoms with Crippen molar-refractivity contribution in [3.05, 3.63) is 119 Å². The van der Waals surface area contributed by atoms with Gasteiger partial charge < -0.3 is 14.8 Å². The molecule has 0 fully saturated rings. The molecule has 4 nitrogen and oxygen atoms in total. The molecule has 0 bridgehead atoms. The molecule has 1 aromatic heterocycles. The minimum atomic E-state index is -0.234. The molecule has 0 unspecified atom stereocenters. The Balaban J connectivity index is 1.63. The highest BCUT2D eigenvalue weighted by atomic mass is 35.5. The summed E-state index contributed by atoms with van der Waals surface area (Å²) in [6.45, 7) is 2.56. The van der Waals surface area contributed by atoms with Gasteiger partial charge in [-0.05, 0) is 54.4 Å². The Morgan fingerprint density at radius 1 is 0.968 bits per heavy atom. The van der Waals surface area contributed by atoms with Crippen molar-refractivity contribution < 1.29 is 4.79 Å². The number of halogens is 1. The van der Waals surface area contributed by atoms with Crippen molar-refractivity contribution in [2.45, 2.75) is 19.5 Å². The second-order valence-corrected chi connectivity index (χ2v) is 8.25. The molecule has 0 radical (unpaired) electrons. The zero-order valence-corrected chi connectivity index (χ0v) is 17.9. The Labute approximate surface area is 186 Å².